The van der Waals surface area contributed by atoms with Crippen LogP contribution in [0.2, 0.25) is 5.02 Å². The monoisotopic (exact) mass is 377 g/mol. The maximum absolute atomic E-state index is 12.7. The molecule has 5 heteroatoms. The average Bonchev–Trinajstić information content (AvgIpc) is 2.63. The van der Waals surface area contributed by atoms with Crippen molar-refractivity contribution in [3.05, 3.63) is 81.6 Å². The molecule has 1 unspecified atom stereocenters. The third kappa shape index (κ3) is 3.71. The minimum atomic E-state index is 0.0882. The molecule has 0 aliphatic heterocycles. The lowest BCUT2D eigenvalue weighted by Crippen LogP contribution is -2.22. The number of benzene rings is 2. The summed E-state index contributed by atoms with van der Waals surface area (Å²) in [6.45, 7) is 3.92. The zero-order valence-electron chi connectivity index (χ0n) is 15.3. The fraction of sp³-hybridized carbons (Fsp3) is 0.227. The number of carbonyl (C=O) groups excluding carboxylic acids is 1. The Kier molecular flexibility index (Phi) is 4.66. The van der Waals surface area contributed by atoms with Crippen molar-refractivity contribution in [3.63, 3.8) is 0 Å². The number of Topliss-reactive ketones (excluding diaryl/α,β-unsaturated/α-hetero) is 1. The van der Waals surface area contributed by atoms with Crippen LogP contribution in [0.25, 0.3) is 0 Å². The number of halogens is 1. The Morgan fingerprint density at radius 3 is 2.56 bits per heavy atom. The summed E-state index contributed by atoms with van der Waals surface area (Å²) in [4.78, 5) is 21.9. The van der Waals surface area contributed by atoms with Crippen molar-refractivity contribution in [3.8, 4) is 0 Å². The van der Waals surface area contributed by atoms with E-state index in [1.54, 1.807) is 0 Å². The van der Waals surface area contributed by atoms with E-state index < -0.39 is 0 Å². The Bertz CT molecular complexity index is 1010. The van der Waals surface area contributed by atoms with Gasteiger partial charge in [0.05, 0.1) is 17.0 Å². The number of fused-ring (bicyclic) bond motifs is 1. The molecule has 4 nitrogen and oxygen atoms in total. The first-order chi connectivity index (χ1) is 13.0. The second kappa shape index (κ2) is 7.12. The van der Waals surface area contributed by atoms with Crippen molar-refractivity contribution in [2.45, 2.75) is 32.6 Å². The quantitative estimate of drug-likeness (QED) is 0.663. The van der Waals surface area contributed by atoms with E-state index in [4.69, 9.17) is 11.6 Å². The van der Waals surface area contributed by atoms with Gasteiger partial charge in [-0.3, -0.25) is 4.79 Å². The highest BCUT2D eigenvalue weighted by Crippen LogP contribution is 2.34. The number of aromatic nitrogens is 2. The molecule has 27 heavy (non-hydrogen) atoms. The first kappa shape index (κ1) is 17.7. The van der Waals surface area contributed by atoms with Gasteiger partial charge in [0.1, 0.15) is 0 Å². The zero-order valence-corrected chi connectivity index (χ0v) is 16.0. The number of rotatable bonds is 3. The largest absolute Gasteiger partial charge is 0.324 e. The van der Waals surface area contributed by atoms with E-state index in [1.807, 2.05) is 62.4 Å². The normalized spacial score (nSPS) is 16.1. The number of hydrogen-bond donors (Lipinski definition) is 1. The first-order valence-corrected chi connectivity index (χ1v) is 9.37. The molecule has 0 fully saturated rings. The van der Waals surface area contributed by atoms with Crippen LogP contribution in [0.3, 0.4) is 0 Å². The van der Waals surface area contributed by atoms with Gasteiger partial charge in [-0.2, -0.15) is 0 Å². The number of nitrogens with one attached hydrogen (secondary N) is 1. The Labute approximate surface area is 163 Å². The number of ketones is 1. The van der Waals surface area contributed by atoms with Gasteiger partial charge in [-0.25, -0.2) is 9.97 Å². The van der Waals surface area contributed by atoms with Gasteiger partial charge in [0.2, 0.25) is 5.95 Å². The van der Waals surface area contributed by atoms with E-state index in [-0.39, 0.29) is 11.7 Å². The standard InChI is InChI=1S/C22H20ClN3O/c1-13-6-8-18(9-7-13)25-22-24-14(2)21-19(26-22)11-16(12-20(21)27)15-4-3-5-17(23)10-15/h3-10,16H,11-12H2,1-2H3,(H,24,25,26). The molecule has 1 aliphatic rings. The topological polar surface area (TPSA) is 54.9 Å². The lowest BCUT2D eigenvalue weighted by Gasteiger charge is -2.24. The van der Waals surface area contributed by atoms with Crippen molar-refractivity contribution in [2.75, 3.05) is 5.32 Å². The zero-order chi connectivity index (χ0) is 19.0. The summed E-state index contributed by atoms with van der Waals surface area (Å²) in [7, 11) is 0. The average molecular weight is 378 g/mol. The maximum Gasteiger partial charge on any atom is 0.227 e. The molecular weight excluding hydrogens is 358 g/mol. The lowest BCUT2D eigenvalue weighted by molar-refractivity contribution is 0.0962. The summed E-state index contributed by atoms with van der Waals surface area (Å²) >= 11 is 6.13. The summed E-state index contributed by atoms with van der Waals surface area (Å²) in [5.74, 6) is 0.709. The number of hydrogen-bond acceptors (Lipinski definition) is 4. The molecule has 0 saturated heterocycles. The fourth-order valence-electron chi connectivity index (χ4n) is 3.59. The minimum Gasteiger partial charge on any atom is -0.324 e. The molecule has 136 valence electrons. The highest BCUT2D eigenvalue weighted by atomic mass is 35.5. The van der Waals surface area contributed by atoms with Crippen molar-refractivity contribution in [1.29, 1.82) is 0 Å². The summed E-state index contributed by atoms with van der Waals surface area (Å²) in [5.41, 5.74) is 5.39. The lowest BCUT2D eigenvalue weighted by atomic mass is 9.81. The van der Waals surface area contributed by atoms with E-state index in [9.17, 15) is 4.79 Å². The molecule has 1 heterocycles. The molecule has 0 bridgehead atoms. The van der Waals surface area contributed by atoms with Crippen LogP contribution in [0.5, 0.6) is 0 Å². The van der Waals surface area contributed by atoms with Crippen LogP contribution in [0.4, 0.5) is 11.6 Å². The molecule has 0 spiro atoms. The van der Waals surface area contributed by atoms with E-state index in [2.05, 4.69) is 15.3 Å². The number of carbonyl (C=O) groups is 1. The highest BCUT2D eigenvalue weighted by Gasteiger charge is 2.30. The van der Waals surface area contributed by atoms with Gasteiger partial charge in [-0.15, -0.1) is 0 Å². The number of aryl methyl sites for hydroxylation is 2. The number of anilines is 2. The molecule has 1 N–H and O–H groups in total. The van der Waals surface area contributed by atoms with E-state index in [0.717, 1.165) is 22.6 Å². The van der Waals surface area contributed by atoms with Crippen LogP contribution in [0.1, 0.15) is 45.2 Å². The molecule has 1 aromatic heterocycles. The minimum absolute atomic E-state index is 0.0882. The van der Waals surface area contributed by atoms with Crippen molar-refractivity contribution in [1.82, 2.24) is 9.97 Å². The van der Waals surface area contributed by atoms with Gasteiger partial charge in [-0.1, -0.05) is 41.4 Å². The number of nitrogens with zero attached hydrogens (tertiary/aromatic N) is 2. The molecule has 0 radical (unpaired) electrons. The molecule has 2 aromatic carbocycles. The van der Waals surface area contributed by atoms with Gasteiger partial charge in [0.25, 0.3) is 0 Å². The van der Waals surface area contributed by atoms with Crippen LogP contribution in [-0.2, 0) is 6.42 Å². The van der Waals surface area contributed by atoms with Gasteiger partial charge in [-0.05, 0) is 56.0 Å². The Balaban J connectivity index is 1.66. The van der Waals surface area contributed by atoms with Gasteiger partial charge in [0.15, 0.2) is 5.78 Å². The SMILES string of the molecule is Cc1ccc(Nc2nc(C)c3c(n2)CC(c2cccc(Cl)c2)CC3=O)cc1. The summed E-state index contributed by atoms with van der Waals surface area (Å²) in [5, 5.41) is 3.93. The van der Waals surface area contributed by atoms with Gasteiger partial charge >= 0.3 is 0 Å². The summed E-state index contributed by atoms with van der Waals surface area (Å²) < 4.78 is 0. The van der Waals surface area contributed by atoms with E-state index in [1.165, 1.54) is 5.56 Å². The molecule has 0 amide bonds. The van der Waals surface area contributed by atoms with Crippen LogP contribution in [-0.4, -0.2) is 15.8 Å². The molecule has 1 atom stereocenters. The molecule has 0 saturated carbocycles. The van der Waals surface area contributed by atoms with Gasteiger partial charge in [0, 0.05) is 17.1 Å². The fourth-order valence-corrected chi connectivity index (χ4v) is 3.79. The Morgan fingerprint density at radius 2 is 1.81 bits per heavy atom. The highest BCUT2D eigenvalue weighted by molar-refractivity contribution is 6.30. The third-order valence-corrected chi connectivity index (χ3v) is 5.18. The predicted octanol–water partition coefficient (Wildman–Crippen LogP) is 5.40. The molecule has 1 aliphatic carbocycles. The van der Waals surface area contributed by atoms with Crippen molar-refractivity contribution >= 4 is 29.0 Å². The summed E-state index contributed by atoms with van der Waals surface area (Å²) in [6, 6.07) is 15.8. The van der Waals surface area contributed by atoms with Crippen LogP contribution >= 0.6 is 11.6 Å². The second-order valence-electron chi connectivity index (χ2n) is 7.03. The van der Waals surface area contributed by atoms with Crippen LogP contribution in [0.15, 0.2) is 48.5 Å². The Morgan fingerprint density at radius 1 is 1.04 bits per heavy atom. The second-order valence-corrected chi connectivity index (χ2v) is 7.47. The van der Waals surface area contributed by atoms with Crippen molar-refractivity contribution in [2.24, 2.45) is 0 Å². The maximum atomic E-state index is 12.7. The first-order valence-electron chi connectivity index (χ1n) is 8.99. The van der Waals surface area contributed by atoms with E-state index in [0.29, 0.717) is 29.4 Å². The van der Waals surface area contributed by atoms with Crippen molar-refractivity contribution < 1.29 is 4.79 Å². The van der Waals surface area contributed by atoms with Gasteiger partial charge < -0.3 is 5.32 Å². The Hall–Kier alpha value is -2.72. The molecule has 3 aromatic rings. The van der Waals surface area contributed by atoms with E-state index >= 15 is 0 Å². The van der Waals surface area contributed by atoms with Crippen LogP contribution in [0, 0.1) is 13.8 Å². The summed E-state index contributed by atoms with van der Waals surface area (Å²) in [6.07, 6.45) is 1.16. The smallest absolute Gasteiger partial charge is 0.227 e. The third-order valence-electron chi connectivity index (χ3n) is 4.94. The molecule has 4 rings (SSSR count). The molecular formula is C22H20ClN3O. The van der Waals surface area contributed by atoms with Crippen LogP contribution < -0.4 is 5.32 Å². The predicted molar refractivity (Wildman–Crippen MR) is 108 cm³/mol.